The fraction of sp³-hybridized carbons (Fsp3) is 0.692. The molecule has 2 N–H and O–H groups in total. The highest BCUT2D eigenvalue weighted by Crippen LogP contribution is 2.35. The maximum atomic E-state index is 12.2. The van der Waals surface area contributed by atoms with Gasteiger partial charge in [-0.3, -0.25) is 9.58 Å². The minimum absolute atomic E-state index is 0.0395. The molecule has 6 heteroatoms. The number of carbonyl (C=O) groups excluding carboxylic acids is 1. The predicted octanol–water partition coefficient (Wildman–Crippen LogP) is 2.07. The zero-order valence-corrected chi connectivity index (χ0v) is 12.0. The Hall–Kier alpha value is -1.72. The lowest BCUT2D eigenvalue weighted by molar-refractivity contribution is 0.0219. The standard InChI is InChI=1S/C13H22N4O2/c1-13(2,3)19-12(18)17-7-5-6-10(17)11-9(14)8-15-16(11)4/h8,10H,5-7,14H2,1-4H3. The summed E-state index contributed by atoms with van der Waals surface area (Å²) in [5.41, 5.74) is 6.98. The van der Waals surface area contributed by atoms with Crippen LogP contribution in [0.1, 0.15) is 45.3 Å². The van der Waals surface area contributed by atoms with Crippen molar-refractivity contribution in [3.63, 3.8) is 0 Å². The molecule has 0 aliphatic carbocycles. The van der Waals surface area contributed by atoms with Gasteiger partial charge in [0.05, 0.1) is 23.6 Å². The molecule has 19 heavy (non-hydrogen) atoms. The van der Waals surface area contributed by atoms with E-state index in [0.29, 0.717) is 12.2 Å². The van der Waals surface area contributed by atoms with E-state index in [4.69, 9.17) is 10.5 Å². The Morgan fingerprint density at radius 2 is 2.21 bits per heavy atom. The van der Waals surface area contributed by atoms with Gasteiger partial charge in [-0.2, -0.15) is 5.10 Å². The Balaban J connectivity index is 2.20. The zero-order valence-electron chi connectivity index (χ0n) is 12.0. The Bertz CT molecular complexity index is 456. The van der Waals surface area contributed by atoms with Crippen LogP contribution in [0.2, 0.25) is 0 Å². The van der Waals surface area contributed by atoms with Gasteiger partial charge in [0.15, 0.2) is 0 Å². The van der Waals surface area contributed by atoms with Crippen LogP contribution in [0, 0.1) is 0 Å². The number of nitrogens with two attached hydrogens (primary N) is 1. The second-order valence-electron chi connectivity index (χ2n) is 5.94. The molecule has 0 spiro atoms. The predicted molar refractivity (Wildman–Crippen MR) is 72.5 cm³/mol. The third kappa shape index (κ3) is 2.83. The first-order chi connectivity index (χ1) is 8.79. The lowest BCUT2D eigenvalue weighted by atomic mass is 10.1. The smallest absolute Gasteiger partial charge is 0.410 e. The lowest BCUT2D eigenvalue weighted by Crippen LogP contribution is -2.37. The maximum absolute atomic E-state index is 12.2. The van der Waals surface area contributed by atoms with Crippen molar-refractivity contribution in [2.24, 2.45) is 7.05 Å². The number of hydrogen-bond donors (Lipinski definition) is 1. The van der Waals surface area contributed by atoms with Gasteiger partial charge in [0, 0.05) is 13.6 Å². The van der Waals surface area contributed by atoms with Crippen molar-refractivity contribution in [3.8, 4) is 0 Å². The van der Waals surface area contributed by atoms with Gasteiger partial charge in [-0.15, -0.1) is 0 Å². The minimum atomic E-state index is -0.484. The van der Waals surface area contributed by atoms with Crippen molar-refractivity contribution in [3.05, 3.63) is 11.9 Å². The largest absolute Gasteiger partial charge is 0.444 e. The van der Waals surface area contributed by atoms with E-state index in [2.05, 4.69) is 5.10 Å². The number of anilines is 1. The summed E-state index contributed by atoms with van der Waals surface area (Å²) in [7, 11) is 1.84. The zero-order chi connectivity index (χ0) is 14.2. The number of ether oxygens (including phenoxy) is 1. The number of nitrogen functional groups attached to an aromatic ring is 1. The molecule has 1 fully saturated rings. The van der Waals surface area contributed by atoms with Crippen LogP contribution < -0.4 is 5.73 Å². The van der Waals surface area contributed by atoms with Crippen molar-refractivity contribution >= 4 is 11.8 Å². The van der Waals surface area contributed by atoms with E-state index in [1.165, 1.54) is 0 Å². The molecule has 2 heterocycles. The average molecular weight is 266 g/mol. The summed E-state index contributed by atoms with van der Waals surface area (Å²) >= 11 is 0. The number of carbonyl (C=O) groups is 1. The third-order valence-electron chi connectivity index (χ3n) is 3.21. The van der Waals surface area contributed by atoms with E-state index in [9.17, 15) is 4.79 Å². The van der Waals surface area contributed by atoms with Crippen molar-refractivity contribution in [1.29, 1.82) is 0 Å². The first kappa shape index (κ1) is 13.7. The van der Waals surface area contributed by atoms with E-state index in [0.717, 1.165) is 18.5 Å². The van der Waals surface area contributed by atoms with Crippen LogP contribution >= 0.6 is 0 Å². The summed E-state index contributed by atoms with van der Waals surface area (Å²) in [4.78, 5) is 14.0. The topological polar surface area (TPSA) is 73.4 Å². The highest BCUT2D eigenvalue weighted by Gasteiger charge is 2.35. The molecule has 6 nitrogen and oxygen atoms in total. The molecule has 1 aromatic heterocycles. The van der Waals surface area contributed by atoms with E-state index < -0.39 is 5.60 Å². The summed E-state index contributed by atoms with van der Waals surface area (Å²) < 4.78 is 7.18. The van der Waals surface area contributed by atoms with Gasteiger partial charge in [0.2, 0.25) is 0 Å². The van der Waals surface area contributed by atoms with Gasteiger partial charge in [-0.1, -0.05) is 0 Å². The summed E-state index contributed by atoms with van der Waals surface area (Å²) in [5.74, 6) is 0. The van der Waals surface area contributed by atoms with Gasteiger partial charge in [-0.25, -0.2) is 4.79 Å². The molecule has 0 bridgehead atoms. The quantitative estimate of drug-likeness (QED) is 0.844. The molecule has 0 aromatic carbocycles. The second kappa shape index (κ2) is 4.75. The molecule has 1 atom stereocenters. The Kier molecular flexibility index (Phi) is 3.43. The van der Waals surface area contributed by atoms with Gasteiger partial charge >= 0.3 is 6.09 Å². The number of likely N-dealkylation sites (tertiary alicyclic amines) is 1. The molecule has 1 aromatic rings. The summed E-state index contributed by atoms with van der Waals surface area (Å²) in [5, 5.41) is 4.14. The maximum Gasteiger partial charge on any atom is 0.410 e. The van der Waals surface area contributed by atoms with Gasteiger partial charge in [0.1, 0.15) is 5.60 Å². The Labute approximate surface area is 113 Å². The summed E-state index contributed by atoms with van der Waals surface area (Å²) in [6.07, 6.45) is 3.19. The van der Waals surface area contributed by atoms with Gasteiger partial charge in [0.25, 0.3) is 0 Å². The summed E-state index contributed by atoms with van der Waals surface area (Å²) in [6, 6.07) is -0.0395. The van der Waals surface area contributed by atoms with Gasteiger partial charge in [-0.05, 0) is 33.6 Å². The fourth-order valence-corrected chi connectivity index (χ4v) is 2.46. The molecule has 1 amide bonds. The second-order valence-corrected chi connectivity index (χ2v) is 5.94. The highest BCUT2D eigenvalue weighted by molar-refractivity contribution is 5.69. The highest BCUT2D eigenvalue weighted by atomic mass is 16.6. The molecular weight excluding hydrogens is 244 g/mol. The molecule has 1 saturated heterocycles. The first-order valence-electron chi connectivity index (χ1n) is 6.56. The number of rotatable bonds is 1. The molecule has 1 aliphatic rings. The molecule has 0 saturated carbocycles. The molecule has 106 valence electrons. The number of amides is 1. The van der Waals surface area contributed by atoms with Crippen LogP contribution in [0.5, 0.6) is 0 Å². The van der Waals surface area contributed by atoms with Crippen LogP contribution in [-0.4, -0.2) is 32.9 Å². The van der Waals surface area contributed by atoms with Crippen molar-refractivity contribution < 1.29 is 9.53 Å². The lowest BCUT2D eigenvalue weighted by Gasteiger charge is -2.28. The van der Waals surface area contributed by atoms with E-state index in [-0.39, 0.29) is 12.1 Å². The van der Waals surface area contributed by atoms with Crippen LogP contribution in [0.4, 0.5) is 10.5 Å². The van der Waals surface area contributed by atoms with Crippen LogP contribution in [0.25, 0.3) is 0 Å². The number of nitrogens with zero attached hydrogens (tertiary/aromatic N) is 3. The van der Waals surface area contributed by atoms with E-state index in [1.54, 1.807) is 15.8 Å². The fourth-order valence-electron chi connectivity index (χ4n) is 2.46. The van der Waals surface area contributed by atoms with Crippen LogP contribution in [0.3, 0.4) is 0 Å². The van der Waals surface area contributed by atoms with E-state index >= 15 is 0 Å². The van der Waals surface area contributed by atoms with Crippen molar-refractivity contribution in [1.82, 2.24) is 14.7 Å². The first-order valence-corrected chi connectivity index (χ1v) is 6.56. The number of hydrogen-bond acceptors (Lipinski definition) is 4. The minimum Gasteiger partial charge on any atom is -0.444 e. The molecule has 0 radical (unpaired) electrons. The third-order valence-corrected chi connectivity index (χ3v) is 3.21. The average Bonchev–Trinajstić information content (AvgIpc) is 2.83. The normalized spacial score (nSPS) is 19.8. The van der Waals surface area contributed by atoms with Crippen LogP contribution in [-0.2, 0) is 11.8 Å². The molecule has 1 aliphatic heterocycles. The monoisotopic (exact) mass is 266 g/mol. The SMILES string of the molecule is Cn1ncc(N)c1C1CCCN1C(=O)OC(C)(C)C. The van der Waals surface area contributed by atoms with Crippen molar-refractivity contribution in [2.75, 3.05) is 12.3 Å². The Morgan fingerprint density at radius 1 is 1.53 bits per heavy atom. The summed E-state index contributed by atoms with van der Waals surface area (Å²) in [6.45, 7) is 6.31. The van der Waals surface area contributed by atoms with Crippen molar-refractivity contribution in [2.45, 2.75) is 45.3 Å². The van der Waals surface area contributed by atoms with Gasteiger partial charge < -0.3 is 10.5 Å². The molecule has 2 rings (SSSR count). The Morgan fingerprint density at radius 3 is 2.74 bits per heavy atom. The number of aromatic nitrogens is 2. The van der Waals surface area contributed by atoms with E-state index in [1.807, 2.05) is 27.8 Å². The molecule has 1 unspecified atom stereocenters. The van der Waals surface area contributed by atoms with Crippen LogP contribution in [0.15, 0.2) is 6.20 Å². The number of aryl methyl sites for hydroxylation is 1. The molecular formula is C13H22N4O2.